The Labute approximate surface area is 160 Å². The number of anilines is 1. The second-order valence-electron chi connectivity index (χ2n) is 6.20. The average molecular weight is 360 g/mol. The lowest BCUT2D eigenvalue weighted by Crippen LogP contribution is -2.54. The van der Waals surface area contributed by atoms with Gasteiger partial charge in [0.05, 0.1) is 6.07 Å². The molecule has 1 atom stereocenters. The van der Waals surface area contributed by atoms with Crippen LogP contribution in [0.4, 0.5) is 5.69 Å². The second kappa shape index (κ2) is 8.49. The molecule has 1 saturated heterocycles. The quantitative estimate of drug-likeness (QED) is 0.673. The SMILES string of the molecule is C#Cc1cccc(NC(=S)N2CCN(Cc3ccccc3)[C@@H](C#N)C2)c1. The smallest absolute Gasteiger partial charge is 0.173 e. The Morgan fingerprint density at radius 1 is 1.19 bits per heavy atom. The maximum absolute atomic E-state index is 9.59. The van der Waals surface area contributed by atoms with Crippen molar-refractivity contribution >= 4 is 23.0 Å². The minimum absolute atomic E-state index is 0.194. The van der Waals surface area contributed by atoms with Crippen LogP contribution in [0.2, 0.25) is 0 Å². The Kier molecular flexibility index (Phi) is 5.86. The summed E-state index contributed by atoms with van der Waals surface area (Å²) < 4.78 is 0. The Hall–Kier alpha value is -2.86. The molecule has 2 aromatic rings. The molecular weight excluding hydrogens is 340 g/mol. The Bertz CT molecular complexity index is 850. The maximum Gasteiger partial charge on any atom is 0.173 e. The third-order valence-corrected chi connectivity index (χ3v) is 4.80. The lowest BCUT2D eigenvalue weighted by atomic mass is 10.1. The van der Waals surface area contributed by atoms with Gasteiger partial charge >= 0.3 is 0 Å². The summed E-state index contributed by atoms with van der Waals surface area (Å²) in [6, 6.07) is 20.0. The zero-order valence-corrected chi connectivity index (χ0v) is 15.2. The van der Waals surface area contributed by atoms with Crippen LogP contribution in [0.15, 0.2) is 54.6 Å². The van der Waals surface area contributed by atoms with Crippen molar-refractivity contribution in [2.75, 3.05) is 25.0 Å². The molecule has 0 spiro atoms. The topological polar surface area (TPSA) is 42.3 Å². The number of nitrogens with zero attached hydrogens (tertiary/aromatic N) is 3. The van der Waals surface area contributed by atoms with E-state index < -0.39 is 0 Å². The molecule has 0 radical (unpaired) electrons. The molecule has 0 aromatic heterocycles. The van der Waals surface area contributed by atoms with Gasteiger partial charge in [-0.1, -0.05) is 42.3 Å². The predicted octanol–water partition coefficient (Wildman–Crippen LogP) is 3.07. The summed E-state index contributed by atoms with van der Waals surface area (Å²) in [6.45, 7) is 2.94. The summed E-state index contributed by atoms with van der Waals surface area (Å²) in [5.74, 6) is 2.62. The van der Waals surface area contributed by atoms with Gasteiger partial charge in [0.1, 0.15) is 6.04 Å². The van der Waals surface area contributed by atoms with E-state index in [0.29, 0.717) is 11.7 Å². The molecule has 0 unspecified atom stereocenters. The molecule has 3 rings (SSSR count). The van der Waals surface area contributed by atoms with Gasteiger partial charge in [-0.05, 0) is 36.0 Å². The van der Waals surface area contributed by atoms with Gasteiger partial charge in [0.15, 0.2) is 5.11 Å². The average Bonchev–Trinajstić information content (AvgIpc) is 2.69. The van der Waals surface area contributed by atoms with Crippen LogP contribution in [0.25, 0.3) is 0 Å². The number of thiocarbonyl (C=S) groups is 1. The first kappa shape index (κ1) is 17.9. The summed E-state index contributed by atoms with van der Waals surface area (Å²) in [6.07, 6.45) is 5.44. The highest BCUT2D eigenvalue weighted by molar-refractivity contribution is 7.80. The van der Waals surface area contributed by atoms with E-state index in [2.05, 4.69) is 34.3 Å². The van der Waals surface area contributed by atoms with Crippen LogP contribution in [0.5, 0.6) is 0 Å². The van der Waals surface area contributed by atoms with Crippen molar-refractivity contribution in [2.45, 2.75) is 12.6 Å². The van der Waals surface area contributed by atoms with Crippen molar-refractivity contribution in [3.8, 4) is 18.4 Å². The molecule has 26 heavy (non-hydrogen) atoms. The number of terminal acetylenes is 1. The summed E-state index contributed by atoms with van der Waals surface area (Å²) in [5, 5.41) is 13.4. The summed E-state index contributed by atoms with van der Waals surface area (Å²) in [4.78, 5) is 4.25. The molecular formula is C21H20N4S. The van der Waals surface area contributed by atoms with E-state index in [1.165, 1.54) is 5.56 Å². The van der Waals surface area contributed by atoms with Gasteiger partial charge in [-0.15, -0.1) is 6.42 Å². The summed E-state index contributed by atoms with van der Waals surface area (Å²) in [7, 11) is 0. The molecule has 0 saturated carbocycles. The van der Waals surface area contributed by atoms with Crippen molar-refractivity contribution in [2.24, 2.45) is 0 Å². The predicted molar refractivity (Wildman–Crippen MR) is 108 cm³/mol. The third kappa shape index (κ3) is 4.40. The number of nitriles is 1. The highest BCUT2D eigenvalue weighted by Gasteiger charge is 2.28. The first-order valence-corrected chi connectivity index (χ1v) is 8.90. The van der Waals surface area contributed by atoms with Crippen LogP contribution in [0, 0.1) is 23.7 Å². The minimum atomic E-state index is -0.194. The first-order chi connectivity index (χ1) is 12.7. The van der Waals surface area contributed by atoms with Gasteiger partial charge < -0.3 is 10.2 Å². The van der Waals surface area contributed by atoms with Crippen LogP contribution in [0.1, 0.15) is 11.1 Å². The van der Waals surface area contributed by atoms with Crippen molar-refractivity contribution < 1.29 is 0 Å². The summed E-state index contributed by atoms with van der Waals surface area (Å²) >= 11 is 5.54. The second-order valence-corrected chi connectivity index (χ2v) is 6.59. The monoisotopic (exact) mass is 360 g/mol. The van der Waals surface area contributed by atoms with Crippen LogP contribution < -0.4 is 5.32 Å². The Morgan fingerprint density at radius 2 is 2.00 bits per heavy atom. The van der Waals surface area contributed by atoms with Crippen LogP contribution in [-0.2, 0) is 6.54 Å². The van der Waals surface area contributed by atoms with Crippen LogP contribution in [-0.4, -0.2) is 40.6 Å². The van der Waals surface area contributed by atoms with Crippen molar-refractivity contribution in [1.82, 2.24) is 9.80 Å². The number of rotatable bonds is 3. The van der Waals surface area contributed by atoms with E-state index in [-0.39, 0.29) is 6.04 Å². The van der Waals surface area contributed by atoms with E-state index in [0.717, 1.165) is 30.9 Å². The van der Waals surface area contributed by atoms with Gasteiger partial charge in [0.25, 0.3) is 0 Å². The lowest BCUT2D eigenvalue weighted by Gasteiger charge is -2.39. The highest BCUT2D eigenvalue weighted by Crippen LogP contribution is 2.16. The lowest BCUT2D eigenvalue weighted by molar-refractivity contribution is 0.138. The van der Waals surface area contributed by atoms with Gasteiger partial charge in [-0.25, -0.2) is 0 Å². The molecule has 130 valence electrons. The van der Waals surface area contributed by atoms with E-state index >= 15 is 0 Å². The number of benzene rings is 2. The molecule has 1 aliphatic heterocycles. The fourth-order valence-corrected chi connectivity index (χ4v) is 3.31. The first-order valence-electron chi connectivity index (χ1n) is 8.50. The van der Waals surface area contributed by atoms with Crippen molar-refractivity contribution in [1.29, 1.82) is 5.26 Å². The summed E-state index contributed by atoms with van der Waals surface area (Å²) in [5.41, 5.74) is 2.89. The van der Waals surface area contributed by atoms with Crippen LogP contribution in [0.3, 0.4) is 0 Å². The van der Waals surface area contributed by atoms with Crippen LogP contribution >= 0.6 is 12.2 Å². The van der Waals surface area contributed by atoms with E-state index in [1.54, 1.807) is 0 Å². The fraction of sp³-hybridized carbons (Fsp3) is 0.238. The third-order valence-electron chi connectivity index (χ3n) is 4.44. The van der Waals surface area contributed by atoms with Gasteiger partial charge in [-0.3, -0.25) is 4.90 Å². The zero-order chi connectivity index (χ0) is 18.4. The molecule has 2 aromatic carbocycles. The molecule has 4 nitrogen and oxygen atoms in total. The molecule has 1 N–H and O–H groups in total. The van der Waals surface area contributed by atoms with Gasteiger partial charge in [0.2, 0.25) is 0 Å². The van der Waals surface area contributed by atoms with Crippen molar-refractivity contribution in [3.63, 3.8) is 0 Å². The molecule has 1 aliphatic rings. The molecule has 0 aliphatic carbocycles. The Balaban J connectivity index is 1.62. The van der Waals surface area contributed by atoms with E-state index in [9.17, 15) is 5.26 Å². The molecule has 1 heterocycles. The number of hydrogen-bond acceptors (Lipinski definition) is 3. The number of hydrogen-bond donors (Lipinski definition) is 1. The van der Waals surface area contributed by atoms with E-state index in [4.69, 9.17) is 18.6 Å². The maximum atomic E-state index is 9.59. The molecule has 0 bridgehead atoms. The standard InChI is InChI=1S/C21H20N4S/c1-2-17-9-6-10-19(13-17)23-21(26)25-12-11-24(20(14-22)16-25)15-18-7-4-3-5-8-18/h1,3-10,13,20H,11-12,15-16H2,(H,23,26)/t20-/m0/s1. The van der Waals surface area contributed by atoms with Gasteiger partial charge in [-0.2, -0.15) is 5.26 Å². The minimum Gasteiger partial charge on any atom is -0.345 e. The molecule has 5 heteroatoms. The van der Waals surface area contributed by atoms with Gasteiger partial charge in [0, 0.05) is 37.4 Å². The highest BCUT2D eigenvalue weighted by atomic mass is 32.1. The molecule has 0 amide bonds. The largest absolute Gasteiger partial charge is 0.345 e. The molecule has 1 fully saturated rings. The number of piperazine rings is 1. The number of nitrogens with one attached hydrogen (secondary N) is 1. The fourth-order valence-electron chi connectivity index (χ4n) is 3.02. The van der Waals surface area contributed by atoms with Crippen molar-refractivity contribution in [3.05, 3.63) is 65.7 Å². The Morgan fingerprint density at radius 3 is 2.73 bits per heavy atom. The van der Waals surface area contributed by atoms with E-state index in [1.807, 2.05) is 47.4 Å². The zero-order valence-electron chi connectivity index (χ0n) is 14.4. The normalized spacial score (nSPS) is 17.2.